The molecule has 116 valence electrons. The molecule has 0 heterocycles. The van der Waals surface area contributed by atoms with Crippen LogP contribution >= 0.6 is 15.9 Å². The number of para-hydroxylation sites is 1. The van der Waals surface area contributed by atoms with E-state index in [9.17, 15) is 0 Å². The van der Waals surface area contributed by atoms with Crippen LogP contribution in [0.5, 0.6) is 11.5 Å². The molecule has 22 heavy (non-hydrogen) atoms. The molecule has 2 rings (SSSR count). The van der Waals surface area contributed by atoms with Crippen LogP contribution in [0, 0.1) is 0 Å². The summed E-state index contributed by atoms with van der Waals surface area (Å²) in [5, 5.41) is 4.23. The molecule has 1 N–H and O–H groups in total. The van der Waals surface area contributed by atoms with Crippen molar-refractivity contribution in [1.82, 2.24) is 0 Å². The maximum absolute atomic E-state index is 5.76. The highest BCUT2D eigenvalue weighted by Crippen LogP contribution is 2.36. The van der Waals surface area contributed by atoms with E-state index >= 15 is 0 Å². The Morgan fingerprint density at radius 2 is 1.91 bits per heavy atom. The molecule has 5 heteroatoms. The van der Waals surface area contributed by atoms with Crippen molar-refractivity contribution >= 4 is 27.8 Å². The van der Waals surface area contributed by atoms with E-state index in [1.54, 1.807) is 13.3 Å². The van der Waals surface area contributed by atoms with Crippen LogP contribution in [0.3, 0.4) is 0 Å². The highest BCUT2D eigenvalue weighted by molar-refractivity contribution is 9.10. The molecule has 0 amide bonds. The van der Waals surface area contributed by atoms with Crippen molar-refractivity contribution in [2.24, 2.45) is 5.10 Å². The molecule has 2 aromatic carbocycles. The molecular formula is C17H19BrN2O2. The molecule has 0 aliphatic rings. The molecule has 0 unspecified atom stereocenters. The summed E-state index contributed by atoms with van der Waals surface area (Å²) in [5.41, 5.74) is 4.82. The number of ether oxygens (including phenoxy) is 2. The van der Waals surface area contributed by atoms with Crippen molar-refractivity contribution in [2.75, 3.05) is 12.5 Å². The summed E-state index contributed by atoms with van der Waals surface area (Å²) >= 11 is 3.52. The molecule has 2 aromatic rings. The Labute approximate surface area is 139 Å². The highest BCUT2D eigenvalue weighted by atomic mass is 79.9. The summed E-state index contributed by atoms with van der Waals surface area (Å²) in [6.07, 6.45) is 1.81. The van der Waals surface area contributed by atoms with Crippen molar-refractivity contribution in [3.63, 3.8) is 0 Å². The van der Waals surface area contributed by atoms with Crippen LogP contribution < -0.4 is 14.9 Å². The van der Waals surface area contributed by atoms with Crippen LogP contribution in [0.15, 0.2) is 52.0 Å². The first kappa shape index (κ1) is 16.4. The fourth-order valence-corrected chi connectivity index (χ4v) is 2.41. The smallest absolute Gasteiger partial charge is 0.175 e. The first-order valence-corrected chi connectivity index (χ1v) is 7.77. The van der Waals surface area contributed by atoms with Crippen LogP contribution in [0.4, 0.5) is 5.69 Å². The van der Waals surface area contributed by atoms with Crippen LogP contribution in [-0.4, -0.2) is 19.4 Å². The van der Waals surface area contributed by atoms with Crippen molar-refractivity contribution in [3.05, 3.63) is 52.5 Å². The Morgan fingerprint density at radius 3 is 2.55 bits per heavy atom. The zero-order valence-electron chi connectivity index (χ0n) is 12.8. The number of rotatable bonds is 6. The molecule has 0 aliphatic heterocycles. The van der Waals surface area contributed by atoms with Gasteiger partial charge < -0.3 is 9.47 Å². The van der Waals surface area contributed by atoms with E-state index in [1.807, 2.05) is 56.3 Å². The Kier molecular flexibility index (Phi) is 5.83. The van der Waals surface area contributed by atoms with Gasteiger partial charge in [-0.05, 0) is 59.6 Å². The maximum Gasteiger partial charge on any atom is 0.175 e. The third kappa shape index (κ3) is 4.49. The number of anilines is 1. The third-order valence-electron chi connectivity index (χ3n) is 2.79. The lowest BCUT2D eigenvalue weighted by Crippen LogP contribution is -2.07. The summed E-state index contributed by atoms with van der Waals surface area (Å²) in [4.78, 5) is 0. The predicted octanol–water partition coefficient (Wildman–Crippen LogP) is 4.69. The minimum Gasteiger partial charge on any atom is -0.493 e. The lowest BCUT2D eigenvalue weighted by Gasteiger charge is -2.15. The zero-order valence-corrected chi connectivity index (χ0v) is 14.4. The van der Waals surface area contributed by atoms with E-state index in [1.165, 1.54) is 0 Å². The van der Waals surface area contributed by atoms with E-state index in [-0.39, 0.29) is 6.10 Å². The van der Waals surface area contributed by atoms with Crippen molar-refractivity contribution in [3.8, 4) is 11.5 Å². The fourth-order valence-electron chi connectivity index (χ4n) is 1.86. The lowest BCUT2D eigenvalue weighted by molar-refractivity contribution is 0.228. The number of nitrogens with one attached hydrogen (secondary N) is 1. The van der Waals surface area contributed by atoms with Crippen LogP contribution in [0.25, 0.3) is 0 Å². The number of nitrogens with zero attached hydrogens (tertiary/aromatic N) is 1. The number of hydrogen-bond acceptors (Lipinski definition) is 4. The summed E-state index contributed by atoms with van der Waals surface area (Å²) in [6, 6.07) is 13.6. The molecular weight excluding hydrogens is 344 g/mol. The molecule has 0 aromatic heterocycles. The standard InChI is InChI=1S/C17H19BrN2O2/c1-12(2)22-17-15(18)9-13(10-16(17)21-3)11-19-20-14-7-5-4-6-8-14/h4-12,20H,1-3H3. The quantitative estimate of drug-likeness (QED) is 0.598. The van der Waals surface area contributed by atoms with E-state index in [2.05, 4.69) is 26.5 Å². The summed E-state index contributed by atoms with van der Waals surface area (Å²) < 4.78 is 12.0. The maximum atomic E-state index is 5.76. The SMILES string of the molecule is COc1cc(C=NNc2ccccc2)cc(Br)c1OC(C)C. The molecule has 4 nitrogen and oxygen atoms in total. The van der Waals surface area contributed by atoms with Crippen LogP contribution in [0.2, 0.25) is 0 Å². The molecule has 0 saturated heterocycles. The van der Waals surface area contributed by atoms with Crippen molar-refractivity contribution < 1.29 is 9.47 Å². The van der Waals surface area contributed by atoms with Crippen molar-refractivity contribution in [1.29, 1.82) is 0 Å². The summed E-state index contributed by atoms with van der Waals surface area (Å²) in [5.74, 6) is 1.37. The second kappa shape index (κ2) is 7.84. The zero-order chi connectivity index (χ0) is 15.9. The van der Waals surface area contributed by atoms with E-state index in [0.717, 1.165) is 15.7 Å². The van der Waals surface area contributed by atoms with Gasteiger partial charge in [0.1, 0.15) is 0 Å². The normalized spacial score (nSPS) is 11.0. The average molecular weight is 363 g/mol. The summed E-state index contributed by atoms with van der Waals surface area (Å²) in [6.45, 7) is 3.95. The van der Waals surface area contributed by atoms with Gasteiger partial charge in [0.2, 0.25) is 0 Å². The number of hydrazone groups is 1. The Bertz CT molecular complexity index is 643. The minimum atomic E-state index is 0.0736. The number of halogens is 1. The minimum absolute atomic E-state index is 0.0736. The molecule has 0 aliphatic carbocycles. The van der Waals surface area contributed by atoms with Gasteiger partial charge in [-0.1, -0.05) is 18.2 Å². The first-order chi connectivity index (χ1) is 10.6. The molecule has 0 atom stereocenters. The van der Waals surface area contributed by atoms with E-state index in [0.29, 0.717) is 11.5 Å². The van der Waals surface area contributed by atoms with Crippen molar-refractivity contribution in [2.45, 2.75) is 20.0 Å². The number of methoxy groups -OCH3 is 1. The molecule has 0 radical (unpaired) electrons. The molecule has 0 spiro atoms. The predicted molar refractivity (Wildman–Crippen MR) is 94.1 cm³/mol. The van der Waals surface area contributed by atoms with Gasteiger partial charge in [0, 0.05) is 0 Å². The van der Waals surface area contributed by atoms with E-state index in [4.69, 9.17) is 9.47 Å². The topological polar surface area (TPSA) is 42.8 Å². The van der Waals surface area contributed by atoms with Gasteiger partial charge in [-0.3, -0.25) is 5.43 Å². The van der Waals surface area contributed by atoms with Gasteiger partial charge in [0.05, 0.1) is 29.6 Å². The van der Waals surface area contributed by atoms with Gasteiger partial charge in [0.15, 0.2) is 11.5 Å². The Balaban J connectivity index is 2.16. The van der Waals surface area contributed by atoms with Crippen LogP contribution in [0.1, 0.15) is 19.4 Å². The van der Waals surface area contributed by atoms with Gasteiger partial charge >= 0.3 is 0 Å². The van der Waals surface area contributed by atoms with E-state index < -0.39 is 0 Å². The molecule has 0 fully saturated rings. The molecule has 0 bridgehead atoms. The Hall–Kier alpha value is -2.01. The summed E-state index contributed by atoms with van der Waals surface area (Å²) in [7, 11) is 1.62. The lowest BCUT2D eigenvalue weighted by atomic mass is 10.2. The molecule has 0 saturated carbocycles. The number of benzene rings is 2. The van der Waals surface area contributed by atoms with Gasteiger partial charge in [-0.25, -0.2) is 0 Å². The van der Waals surface area contributed by atoms with Crippen LogP contribution in [-0.2, 0) is 0 Å². The van der Waals surface area contributed by atoms with Gasteiger partial charge in [-0.15, -0.1) is 0 Å². The number of hydrogen-bond donors (Lipinski definition) is 1. The monoisotopic (exact) mass is 362 g/mol. The Morgan fingerprint density at radius 1 is 1.18 bits per heavy atom. The largest absolute Gasteiger partial charge is 0.493 e. The average Bonchev–Trinajstić information content (AvgIpc) is 2.50. The second-order valence-corrected chi connectivity index (χ2v) is 5.79. The first-order valence-electron chi connectivity index (χ1n) is 6.98. The third-order valence-corrected chi connectivity index (χ3v) is 3.38. The van der Waals surface area contributed by atoms with Gasteiger partial charge in [-0.2, -0.15) is 5.10 Å². The second-order valence-electron chi connectivity index (χ2n) is 4.94. The highest BCUT2D eigenvalue weighted by Gasteiger charge is 2.12. The fraction of sp³-hybridized carbons (Fsp3) is 0.235. The van der Waals surface area contributed by atoms with Gasteiger partial charge in [0.25, 0.3) is 0 Å².